The second-order valence-corrected chi connectivity index (χ2v) is 8.58. The lowest BCUT2D eigenvalue weighted by Crippen LogP contribution is -2.39. The normalized spacial score (nSPS) is 15.2. The molecule has 172 valence electrons. The molecule has 33 heavy (non-hydrogen) atoms. The molecule has 2 N–H and O–H groups in total. The number of aryl methyl sites for hydroxylation is 2. The van der Waals surface area contributed by atoms with Gasteiger partial charge in [0.2, 0.25) is 0 Å². The lowest BCUT2D eigenvalue weighted by atomic mass is 9.92. The average Bonchev–Trinajstić information content (AvgIpc) is 2.81. The molecule has 2 aromatic carbocycles. The van der Waals surface area contributed by atoms with E-state index in [0.717, 1.165) is 24.1 Å². The van der Waals surface area contributed by atoms with Gasteiger partial charge in [-0.15, -0.1) is 0 Å². The molecule has 0 bridgehead atoms. The van der Waals surface area contributed by atoms with Crippen LogP contribution in [0.25, 0.3) is 11.1 Å². The number of halogens is 1. The van der Waals surface area contributed by atoms with E-state index < -0.39 is 5.97 Å². The standard InChI is InChI=1S/C25H26ClN3O4/c1-15-28-22-8-7-19(27-2)14-21(22)24(30)29(15)10-11-33-23-9-6-18(26)13-20(23)16-4-3-5-17(12-16)25(31)32/h3-6,9,12-13,19,27H,7-8,10-11,14H2,1-2H3,(H,31,32). The highest BCUT2D eigenvalue weighted by Gasteiger charge is 2.23. The van der Waals surface area contributed by atoms with Crippen molar-refractivity contribution < 1.29 is 14.6 Å². The van der Waals surface area contributed by atoms with E-state index in [4.69, 9.17) is 16.3 Å². The predicted molar refractivity (Wildman–Crippen MR) is 127 cm³/mol. The first-order valence-corrected chi connectivity index (χ1v) is 11.3. The third-order valence-electron chi connectivity index (χ3n) is 6.06. The molecule has 1 aliphatic carbocycles. The van der Waals surface area contributed by atoms with Crippen molar-refractivity contribution in [3.63, 3.8) is 0 Å². The molecule has 3 aromatic rings. The summed E-state index contributed by atoms with van der Waals surface area (Å²) in [6.07, 6.45) is 2.46. The van der Waals surface area contributed by atoms with Crippen LogP contribution < -0.4 is 15.6 Å². The van der Waals surface area contributed by atoms with Crippen LogP contribution in [0.1, 0.15) is 33.9 Å². The van der Waals surface area contributed by atoms with Crippen LogP contribution in [0.15, 0.2) is 47.3 Å². The number of nitrogens with one attached hydrogen (secondary N) is 1. The third-order valence-corrected chi connectivity index (χ3v) is 6.30. The van der Waals surface area contributed by atoms with Crippen molar-refractivity contribution in [1.29, 1.82) is 0 Å². The zero-order chi connectivity index (χ0) is 23.5. The van der Waals surface area contributed by atoms with Gasteiger partial charge in [0.25, 0.3) is 5.56 Å². The number of carboxylic acid groups (broad SMARTS) is 1. The smallest absolute Gasteiger partial charge is 0.335 e. The maximum Gasteiger partial charge on any atom is 0.335 e. The summed E-state index contributed by atoms with van der Waals surface area (Å²) in [7, 11) is 1.92. The zero-order valence-corrected chi connectivity index (χ0v) is 19.4. The number of hydrogen-bond acceptors (Lipinski definition) is 5. The quantitative estimate of drug-likeness (QED) is 0.550. The molecule has 0 spiro atoms. The number of fused-ring (bicyclic) bond motifs is 1. The Balaban J connectivity index is 1.56. The molecule has 4 rings (SSSR count). The number of aromatic carboxylic acids is 1. The number of carboxylic acids is 1. The van der Waals surface area contributed by atoms with Gasteiger partial charge in [0.1, 0.15) is 18.2 Å². The van der Waals surface area contributed by atoms with Crippen LogP contribution in [0.2, 0.25) is 5.02 Å². The number of likely N-dealkylation sites (N-methyl/N-ethyl adjacent to an activating group) is 1. The van der Waals surface area contributed by atoms with Crippen molar-refractivity contribution in [1.82, 2.24) is 14.9 Å². The summed E-state index contributed by atoms with van der Waals surface area (Å²) in [5, 5.41) is 13.1. The minimum atomic E-state index is -1.00. The minimum absolute atomic E-state index is 0.00783. The molecule has 1 heterocycles. The Morgan fingerprint density at radius 2 is 2.12 bits per heavy atom. The van der Waals surface area contributed by atoms with Gasteiger partial charge in [-0.1, -0.05) is 23.7 Å². The largest absolute Gasteiger partial charge is 0.491 e. The molecule has 0 saturated carbocycles. The first kappa shape index (κ1) is 23.0. The van der Waals surface area contributed by atoms with E-state index in [1.54, 1.807) is 34.9 Å². The Morgan fingerprint density at radius 1 is 1.30 bits per heavy atom. The fraction of sp³-hybridized carbons (Fsp3) is 0.320. The number of aromatic nitrogens is 2. The van der Waals surface area contributed by atoms with Crippen LogP contribution in [-0.4, -0.2) is 40.3 Å². The van der Waals surface area contributed by atoms with Crippen LogP contribution in [0.5, 0.6) is 5.75 Å². The molecule has 1 atom stereocenters. The van der Waals surface area contributed by atoms with Gasteiger partial charge in [0.05, 0.1) is 17.8 Å². The van der Waals surface area contributed by atoms with Crippen molar-refractivity contribution >= 4 is 17.6 Å². The molecule has 0 radical (unpaired) electrons. The van der Waals surface area contributed by atoms with Gasteiger partial charge >= 0.3 is 5.97 Å². The van der Waals surface area contributed by atoms with Crippen LogP contribution in [0.4, 0.5) is 0 Å². The maximum atomic E-state index is 13.1. The molecular weight excluding hydrogens is 442 g/mol. The summed E-state index contributed by atoms with van der Waals surface area (Å²) < 4.78 is 7.71. The number of carbonyl (C=O) groups is 1. The second-order valence-electron chi connectivity index (χ2n) is 8.14. The molecule has 0 aliphatic heterocycles. The molecule has 1 aliphatic rings. The van der Waals surface area contributed by atoms with Crippen molar-refractivity contribution in [2.24, 2.45) is 0 Å². The van der Waals surface area contributed by atoms with E-state index in [9.17, 15) is 14.7 Å². The van der Waals surface area contributed by atoms with E-state index in [1.807, 2.05) is 20.0 Å². The van der Waals surface area contributed by atoms with Crippen molar-refractivity contribution in [3.8, 4) is 16.9 Å². The highest BCUT2D eigenvalue weighted by Crippen LogP contribution is 2.33. The predicted octanol–water partition coefficient (Wildman–Crippen LogP) is 3.73. The summed E-state index contributed by atoms with van der Waals surface area (Å²) in [5.74, 6) is 0.237. The molecule has 1 unspecified atom stereocenters. The Morgan fingerprint density at radius 3 is 2.88 bits per heavy atom. The highest BCUT2D eigenvalue weighted by atomic mass is 35.5. The molecule has 0 amide bonds. The Labute approximate surface area is 197 Å². The molecule has 0 fully saturated rings. The third kappa shape index (κ3) is 4.94. The van der Waals surface area contributed by atoms with Crippen molar-refractivity contribution in [2.45, 2.75) is 38.8 Å². The van der Waals surface area contributed by atoms with Gasteiger partial charge in [-0.25, -0.2) is 9.78 Å². The van der Waals surface area contributed by atoms with Crippen LogP contribution >= 0.6 is 11.6 Å². The summed E-state index contributed by atoms with van der Waals surface area (Å²) in [4.78, 5) is 29.2. The van der Waals surface area contributed by atoms with Gasteiger partial charge < -0.3 is 15.2 Å². The second kappa shape index (κ2) is 9.77. The minimum Gasteiger partial charge on any atom is -0.491 e. The van der Waals surface area contributed by atoms with Crippen LogP contribution in [-0.2, 0) is 19.4 Å². The number of benzene rings is 2. The number of hydrogen-bond donors (Lipinski definition) is 2. The fourth-order valence-corrected chi connectivity index (χ4v) is 4.43. The zero-order valence-electron chi connectivity index (χ0n) is 18.6. The Bertz CT molecular complexity index is 1250. The first-order chi connectivity index (χ1) is 15.9. The first-order valence-electron chi connectivity index (χ1n) is 10.9. The number of rotatable bonds is 7. The summed E-state index contributed by atoms with van der Waals surface area (Å²) in [5.41, 5.74) is 3.24. The van der Waals surface area contributed by atoms with E-state index in [-0.39, 0.29) is 23.8 Å². The molecule has 8 heteroatoms. The van der Waals surface area contributed by atoms with Gasteiger partial charge in [-0.2, -0.15) is 0 Å². The van der Waals surface area contributed by atoms with E-state index >= 15 is 0 Å². The molecular formula is C25H26ClN3O4. The Kier molecular flexibility index (Phi) is 6.81. The molecule has 0 saturated heterocycles. The Hall–Kier alpha value is -3.16. The monoisotopic (exact) mass is 467 g/mol. The highest BCUT2D eigenvalue weighted by molar-refractivity contribution is 6.31. The lowest BCUT2D eigenvalue weighted by molar-refractivity contribution is 0.0697. The van der Waals surface area contributed by atoms with Gasteiger partial charge in [-0.3, -0.25) is 9.36 Å². The van der Waals surface area contributed by atoms with Crippen molar-refractivity contribution in [3.05, 3.63) is 80.5 Å². The summed E-state index contributed by atoms with van der Waals surface area (Å²) in [6, 6.07) is 12.1. The number of nitrogens with zero attached hydrogens (tertiary/aromatic N) is 2. The van der Waals surface area contributed by atoms with Crippen LogP contribution in [0, 0.1) is 6.92 Å². The van der Waals surface area contributed by atoms with Gasteiger partial charge in [0.15, 0.2) is 0 Å². The fourth-order valence-electron chi connectivity index (χ4n) is 4.26. The van der Waals surface area contributed by atoms with Crippen LogP contribution in [0.3, 0.4) is 0 Å². The number of ether oxygens (including phenoxy) is 1. The van der Waals surface area contributed by atoms with E-state index in [2.05, 4.69) is 10.3 Å². The SMILES string of the molecule is CNC1CCc2nc(C)n(CCOc3ccc(Cl)cc3-c3cccc(C(=O)O)c3)c(=O)c2C1. The van der Waals surface area contributed by atoms with Crippen molar-refractivity contribution in [2.75, 3.05) is 13.7 Å². The molecule has 1 aromatic heterocycles. The summed E-state index contributed by atoms with van der Waals surface area (Å²) in [6.45, 7) is 2.45. The lowest BCUT2D eigenvalue weighted by Gasteiger charge is -2.24. The average molecular weight is 468 g/mol. The summed E-state index contributed by atoms with van der Waals surface area (Å²) >= 11 is 6.20. The maximum absolute atomic E-state index is 13.1. The molecule has 7 nitrogen and oxygen atoms in total. The van der Waals surface area contributed by atoms with E-state index in [0.29, 0.717) is 40.7 Å². The van der Waals surface area contributed by atoms with Gasteiger partial charge in [-0.05, 0) is 69.1 Å². The topological polar surface area (TPSA) is 93.4 Å². The van der Waals surface area contributed by atoms with E-state index in [1.165, 1.54) is 6.07 Å². The van der Waals surface area contributed by atoms with Gasteiger partial charge in [0, 0.05) is 22.2 Å².